The first-order valence-electron chi connectivity index (χ1n) is 5.79. The van der Waals surface area contributed by atoms with Crippen molar-refractivity contribution in [2.24, 2.45) is 0 Å². The van der Waals surface area contributed by atoms with Crippen LogP contribution in [-0.4, -0.2) is 9.38 Å². The van der Waals surface area contributed by atoms with Gasteiger partial charge in [0.2, 0.25) is 0 Å². The molecule has 0 unspecified atom stereocenters. The average Bonchev–Trinajstić information content (AvgIpc) is 2.81. The number of benzene rings is 1. The van der Waals surface area contributed by atoms with Crippen LogP contribution in [0.25, 0.3) is 17.7 Å². The van der Waals surface area contributed by atoms with Crippen LogP contribution in [0.5, 0.6) is 0 Å². The number of imidazole rings is 1. The third-order valence-electron chi connectivity index (χ3n) is 2.84. The van der Waals surface area contributed by atoms with E-state index in [1.165, 1.54) is 0 Å². The molecular formula is C15H10Cl2N2. The fraction of sp³-hybridized carbons (Fsp3) is 0. The van der Waals surface area contributed by atoms with Gasteiger partial charge in [0.05, 0.1) is 11.7 Å². The Bertz CT molecular complexity index is 760. The number of halogens is 2. The van der Waals surface area contributed by atoms with Gasteiger partial charge in [0.1, 0.15) is 5.82 Å². The van der Waals surface area contributed by atoms with E-state index in [0.717, 1.165) is 16.9 Å². The van der Waals surface area contributed by atoms with E-state index in [9.17, 15) is 0 Å². The molecule has 94 valence electrons. The van der Waals surface area contributed by atoms with Gasteiger partial charge in [0, 0.05) is 16.2 Å². The Hall–Kier alpha value is -1.77. The minimum Gasteiger partial charge on any atom is -0.300 e. The number of nitrogens with zero attached hydrogens (tertiary/aromatic N) is 2. The van der Waals surface area contributed by atoms with Crippen molar-refractivity contribution in [2.45, 2.75) is 0 Å². The number of hydrogen-bond acceptors (Lipinski definition) is 1. The van der Waals surface area contributed by atoms with Crippen LogP contribution in [0, 0.1) is 0 Å². The lowest BCUT2D eigenvalue weighted by molar-refractivity contribution is 1.12. The summed E-state index contributed by atoms with van der Waals surface area (Å²) in [5, 5.41) is 1.26. The van der Waals surface area contributed by atoms with E-state index in [0.29, 0.717) is 10.0 Å². The number of pyridine rings is 1. The van der Waals surface area contributed by atoms with Gasteiger partial charge in [-0.3, -0.25) is 0 Å². The first kappa shape index (κ1) is 12.3. The topological polar surface area (TPSA) is 17.3 Å². The highest BCUT2D eigenvalue weighted by atomic mass is 35.5. The van der Waals surface area contributed by atoms with E-state index in [1.54, 1.807) is 6.07 Å². The van der Waals surface area contributed by atoms with Gasteiger partial charge in [0.25, 0.3) is 0 Å². The molecule has 0 saturated carbocycles. The van der Waals surface area contributed by atoms with Crippen LogP contribution < -0.4 is 0 Å². The number of rotatable bonds is 2. The molecule has 2 nitrogen and oxygen atoms in total. The van der Waals surface area contributed by atoms with E-state index in [2.05, 4.69) is 4.98 Å². The zero-order valence-electron chi connectivity index (χ0n) is 9.92. The summed E-state index contributed by atoms with van der Waals surface area (Å²) in [6, 6.07) is 11.4. The molecule has 0 fully saturated rings. The summed E-state index contributed by atoms with van der Waals surface area (Å²) in [6.07, 6.45) is 7.68. The Labute approximate surface area is 120 Å². The molecular weight excluding hydrogens is 279 g/mol. The minimum absolute atomic E-state index is 0.629. The summed E-state index contributed by atoms with van der Waals surface area (Å²) < 4.78 is 2.01. The molecule has 1 aromatic carbocycles. The third-order valence-corrected chi connectivity index (χ3v) is 3.40. The smallest absolute Gasteiger partial charge is 0.137 e. The van der Waals surface area contributed by atoms with Crippen LogP contribution in [0.1, 0.15) is 11.4 Å². The van der Waals surface area contributed by atoms with E-state index >= 15 is 0 Å². The normalized spacial score (nSPS) is 11.5. The van der Waals surface area contributed by atoms with Crippen molar-refractivity contribution >= 4 is 40.9 Å². The predicted octanol–water partition coefficient (Wildman–Crippen LogP) is 4.81. The number of hydrogen-bond donors (Lipinski definition) is 0. The van der Waals surface area contributed by atoms with Gasteiger partial charge in [-0.15, -0.1) is 0 Å². The molecule has 0 radical (unpaired) electrons. The van der Waals surface area contributed by atoms with E-state index < -0.39 is 0 Å². The molecule has 19 heavy (non-hydrogen) atoms. The summed E-state index contributed by atoms with van der Waals surface area (Å²) in [4.78, 5) is 4.36. The van der Waals surface area contributed by atoms with Crippen LogP contribution in [0.4, 0.5) is 0 Å². The highest BCUT2D eigenvalue weighted by molar-refractivity contribution is 6.35. The lowest BCUT2D eigenvalue weighted by atomic mass is 10.2. The maximum Gasteiger partial charge on any atom is 0.137 e. The van der Waals surface area contributed by atoms with Crippen LogP contribution in [-0.2, 0) is 0 Å². The second-order valence-electron chi connectivity index (χ2n) is 4.11. The maximum atomic E-state index is 6.13. The molecule has 0 aliphatic carbocycles. The van der Waals surface area contributed by atoms with E-state index in [1.807, 2.05) is 59.3 Å². The summed E-state index contributed by atoms with van der Waals surface area (Å²) in [7, 11) is 0. The van der Waals surface area contributed by atoms with Crippen molar-refractivity contribution in [2.75, 3.05) is 0 Å². The molecule has 0 spiro atoms. The Morgan fingerprint density at radius 3 is 2.79 bits per heavy atom. The molecule has 3 aromatic rings. The summed E-state index contributed by atoms with van der Waals surface area (Å²) in [6.45, 7) is 0. The molecule has 0 saturated heterocycles. The molecule has 2 aromatic heterocycles. The third kappa shape index (κ3) is 2.50. The molecule has 0 amide bonds. The van der Waals surface area contributed by atoms with Crippen molar-refractivity contribution in [3.63, 3.8) is 0 Å². The Balaban J connectivity index is 1.98. The lowest BCUT2D eigenvalue weighted by Gasteiger charge is -1.99. The lowest BCUT2D eigenvalue weighted by Crippen LogP contribution is -1.86. The largest absolute Gasteiger partial charge is 0.300 e. The molecule has 0 N–H and O–H groups in total. The Morgan fingerprint density at radius 2 is 1.95 bits per heavy atom. The first-order valence-corrected chi connectivity index (χ1v) is 6.55. The maximum absolute atomic E-state index is 6.13. The zero-order chi connectivity index (χ0) is 13.2. The minimum atomic E-state index is 0.629. The van der Waals surface area contributed by atoms with Crippen LogP contribution in [0.3, 0.4) is 0 Å². The van der Waals surface area contributed by atoms with Crippen LogP contribution in [0.15, 0.2) is 48.8 Å². The van der Waals surface area contributed by atoms with Gasteiger partial charge in [0.15, 0.2) is 0 Å². The summed E-state index contributed by atoms with van der Waals surface area (Å²) in [5.41, 5.74) is 1.98. The highest BCUT2D eigenvalue weighted by Gasteiger charge is 2.00. The molecule has 4 heteroatoms. The molecule has 3 rings (SSSR count). The van der Waals surface area contributed by atoms with Crippen molar-refractivity contribution < 1.29 is 0 Å². The van der Waals surface area contributed by atoms with Crippen LogP contribution in [0.2, 0.25) is 10.0 Å². The van der Waals surface area contributed by atoms with Crippen molar-refractivity contribution in [1.29, 1.82) is 0 Å². The molecule has 0 bridgehead atoms. The molecule has 0 atom stereocenters. The molecule has 0 aliphatic rings. The van der Waals surface area contributed by atoms with Gasteiger partial charge in [-0.2, -0.15) is 0 Å². The second-order valence-corrected chi connectivity index (χ2v) is 4.95. The summed E-state index contributed by atoms with van der Waals surface area (Å²) >= 11 is 12.0. The second kappa shape index (κ2) is 5.08. The fourth-order valence-electron chi connectivity index (χ4n) is 1.89. The van der Waals surface area contributed by atoms with Gasteiger partial charge >= 0.3 is 0 Å². The number of aromatic nitrogens is 2. The first-order chi connectivity index (χ1) is 9.24. The number of fused-ring (bicyclic) bond motifs is 1. The van der Waals surface area contributed by atoms with Gasteiger partial charge in [-0.1, -0.05) is 35.3 Å². The SMILES string of the molecule is Clc1ccc(/C=C/c2ncc3ccccn23)c(Cl)c1. The zero-order valence-corrected chi connectivity index (χ0v) is 11.4. The van der Waals surface area contributed by atoms with Crippen LogP contribution >= 0.6 is 23.2 Å². The van der Waals surface area contributed by atoms with Gasteiger partial charge in [-0.05, 0) is 42.0 Å². The van der Waals surface area contributed by atoms with E-state index in [-0.39, 0.29) is 0 Å². The van der Waals surface area contributed by atoms with E-state index in [4.69, 9.17) is 23.2 Å². The predicted molar refractivity (Wildman–Crippen MR) is 80.6 cm³/mol. The highest BCUT2D eigenvalue weighted by Crippen LogP contribution is 2.22. The van der Waals surface area contributed by atoms with Crippen molar-refractivity contribution in [3.05, 3.63) is 70.2 Å². The standard InChI is InChI=1S/C15H10Cl2N2/c16-12-6-4-11(14(17)9-12)5-7-15-18-10-13-3-1-2-8-19(13)15/h1-10H/b7-5+. The quantitative estimate of drug-likeness (QED) is 0.661. The monoisotopic (exact) mass is 288 g/mol. The Kier molecular flexibility index (Phi) is 3.28. The molecule has 0 aliphatic heterocycles. The van der Waals surface area contributed by atoms with Crippen molar-refractivity contribution in [1.82, 2.24) is 9.38 Å². The van der Waals surface area contributed by atoms with Crippen molar-refractivity contribution in [3.8, 4) is 0 Å². The Morgan fingerprint density at radius 1 is 1.05 bits per heavy atom. The van der Waals surface area contributed by atoms with Gasteiger partial charge < -0.3 is 4.40 Å². The fourth-order valence-corrected chi connectivity index (χ4v) is 2.36. The average molecular weight is 289 g/mol. The van der Waals surface area contributed by atoms with Gasteiger partial charge in [-0.25, -0.2) is 4.98 Å². The summed E-state index contributed by atoms with van der Waals surface area (Å²) in [5.74, 6) is 0.863. The molecule has 2 heterocycles.